The molecule has 0 unspecified atom stereocenters. The van der Waals surface area contributed by atoms with Gasteiger partial charge in [0, 0.05) is 19.4 Å². The van der Waals surface area contributed by atoms with E-state index < -0.39 is 11.7 Å². The molecular weight excluding hydrogens is 247 g/mol. The zero-order chi connectivity index (χ0) is 13.0. The van der Waals surface area contributed by atoms with E-state index in [4.69, 9.17) is 9.47 Å². The average molecular weight is 261 g/mol. The molecule has 0 atom stereocenters. The fraction of sp³-hybridized carbons (Fsp3) is 0.583. The number of hydrogen-bond acceptors (Lipinski definition) is 3. The number of halogens is 3. The number of alkyl halides is 3. The first-order valence-corrected chi connectivity index (χ1v) is 5.80. The summed E-state index contributed by atoms with van der Waals surface area (Å²) >= 11 is 0. The Morgan fingerprint density at radius 2 is 2.06 bits per heavy atom. The first-order chi connectivity index (χ1) is 8.57. The minimum Gasteiger partial charge on any atom is -0.477 e. The summed E-state index contributed by atoms with van der Waals surface area (Å²) in [6, 6.07) is 2.23. The molecule has 1 aromatic rings. The van der Waals surface area contributed by atoms with E-state index in [1.807, 2.05) is 0 Å². The molecule has 0 radical (unpaired) electrons. The lowest BCUT2D eigenvalue weighted by Crippen LogP contribution is -2.22. The zero-order valence-electron chi connectivity index (χ0n) is 9.74. The molecule has 0 aromatic carbocycles. The highest BCUT2D eigenvalue weighted by Crippen LogP contribution is 2.34. The van der Waals surface area contributed by atoms with Crippen LogP contribution in [-0.4, -0.2) is 24.8 Å². The van der Waals surface area contributed by atoms with Crippen LogP contribution >= 0.6 is 0 Å². The van der Waals surface area contributed by atoms with E-state index in [1.54, 1.807) is 0 Å². The summed E-state index contributed by atoms with van der Waals surface area (Å²) in [5, 5.41) is 0. The predicted molar refractivity (Wildman–Crippen MR) is 58.3 cm³/mol. The molecule has 1 fully saturated rings. The SMILES string of the molecule is FC(F)(F)c1cccnc1OCC1CCOCC1. The van der Waals surface area contributed by atoms with Gasteiger partial charge < -0.3 is 9.47 Å². The summed E-state index contributed by atoms with van der Waals surface area (Å²) in [5.41, 5.74) is -0.822. The number of rotatable bonds is 3. The maximum Gasteiger partial charge on any atom is 0.421 e. The van der Waals surface area contributed by atoms with E-state index in [2.05, 4.69) is 4.98 Å². The maximum atomic E-state index is 12.7. The molecule has 0 bridgehead atoms. The van der Waals surface area contributed by atoms with Crippen molar-refractivity contribution in [2.24, 2.45) is 5.92 Å². The van der Waals surface area contributed by atoms with Crippen molar-refractivity contribution in [1.29, 1.82) is 0 Å². The topological polar surface area (TPSA) is 31.4 Å². The second kappa shape index (κ2) is 5.56. The Bertz CT molecular complexity index is 389. The Morgan fingerprint density at radius 1 is 1.33 bits per heavy atom. The van der Waals surface area contributed by atoms with Crippen molar-refractivity contribution in [1.82, 2.24) is 4.98 Å². The molecule has 1 aliphatic heterocycles. The summed E-state index contributed by atoms with van der Waals surface area (Å²) in [6.07, 6.45) is -1.50. The molecular formula is C12H14F3NO2. The second-order valence-corrected chi connectivity index (χ2v) is 4.22. The summed E-state index contributed by atoms with van der Waals surface area (Å²) in [6.45, 7) is 1.54. The highest BCUT2D eigenvalue weighted by atomic mass is 19.4. The van der Waals surface area contributed by atoms with E-state index in [-0.39, 0.29) is 18.4 Å². The monoisotopic (exact) mass is 261 g/mol. The Kier molecular flexibility index (Phi) is 4.06. The van der Waals surface area contributed by atoms with E-state index in [9.17, 15) is 13.2 Å². The van der Waals surface area contributed by atoms with Gasteiger partial charge in [-0.15, -0.1) is 0 Å². The van der Waals surface area contributed by atoms with Crippen molar-refractivity contribution in [3.8, 4) is 5.88 Å². The molecule has 0 amide bonds. The third-order valence-electron chi connectivity index (χ3n) is 2.87. The molecule has 0 aliphatic carbocycles. The van der Waals surface area contributed by atoms with Gasteiger partial charge in [0.05, 0.1) is 6.61 Å². The third kappa shape index (κ3) is 3.35. The summed E-state index contributed by atoms with van der Waals surface area (Å²) in [5.74, 6) is -0.0988. The van der Waals surface area contributed by atoms with Gasteiger partial charge in [0.1, 0.15) is 5.56 Å². The highest BCUT2D eigenvalue weighted by molar-refractivity contribution is 5.28. The van der Waals surface area contributed by atoms with Crippen LogP contribution in [0.5, 0.6) is 5.88 Å². The van der Waals surface area contributed by atoms with Gasteiger partial charge in [0.25, 0.3) is 0 Å². The van der Waals surface area contributed by atoms with E-state index in [0.29, 0.717) is 13.2 Å². The van der Waals surface area contributed by atoms with Gasteiger partial charge >= 0.3 is 6.18 Å². The second-order valence-electron chi connectivity index (χ2n) is 4.22. The van der Waals surface area contributed by atoms with Crippen LogP contribution in [0.3, 0.4) is 0 Å². The highest BCUT2D eigenvalue weighted by Gasteiger charge is 2.35. The summed E-state index contributed by atoms with van der Waals surface area (Å²) < 4.78 is 48.4. The third-order valence-corrected chi connectivity index (χ3v) is 2.87. The molecule has 18 heavy (non-hydrogen) atoms. The Labute approximate surface area is 103 Å². The Balaban J connectivity index is 2.00. The number of ether oxygens (including phenoxy) is 2. The fourth-order valence-electron chi connectivity index (χ4n) is 1.83. The smallest absolute Gasteiger partial charge is 0.421 e. The fourth-order valence-corrected chi connectivity index (χ4v) is 1.83. The Morgan fingerprint density at radius 3 is 2.72 bits per heavy atom. The molecule has 2 heterocycles. The molecule has 1 saturated heterocycles. The van der Waals surface area contributed by atoms with Crippen molar-refractivity contribution >= 4 is 0 Å². The van der Waals surface area contributed by atoms with Gasteiger partial charge in [-0.05, 0) is 30.9 Å². The number of nitrogens with zero attached hydrogens (tertiary/aromatic N) is 1. The minimum absolute atomic E-state index is 0.238. The minimum atomic E-state index is -4.43. The van der Waals surface area contributed by atoms with Gasteiger partial charge in [0.2, 0.25) is 5.88 Å². The van der Waals surface area contributed by atoms with Crippen LogP contribution in [-0.2, 0) is 10.9 Å². The normalized spacial score (nSPS) is 17.7. The van der Waals surface area contributed by atoms with Crippen LogP contribution in [0.4, 0.5) is 13.2 Å². The van der Waals surface area contributed by atoms with Crippen LogP contribution in [0, 0.1) is 5.92 Å². The van der Waals surface area contributed by atoms with Crippen molar-refractivity contribution in [2.45, 2.75) is 19.0 Å². The van der Waals surface area contributed by atoms with Gasteiger partial charge in [-0.2, -0.15) is 13.2 Å². The van der Waals surface area contributed by atoms with Gasteiger partial charge in [-0.3, -0.25) is 0 Å². The van der Waals surface area contributed by atoms with Crippen LogP contribution in [0.15, 0.2) is 18.3 Å². The van der Waals surface area contributed by atoms with Crippen molar-refractivity contribution in [3.05, 3.63) is 23.9 Å². The number of pyridine rings is 1. The van der Waals surface area contributed by atoms with Crippen molar-refractivity contribution in [3.63, 3.8) is 0 Å². The average Bonchev–Trinajstić information content (AvgIpc) is 2.37. The van der Waals surface area contributed by atoms with E-state index in [1.165, 1.54) is 12.3 Å². The molecule has 1 aliphatic rings. The van der Waals surface area contributed by atoms with Crippen LogP contribution in [0.1, 0.15) is 18.4 Å². The number of aromatic nitrogens is 1. The quantitative estimate of drug-likeness (QED) is 0.838. The van der Waals surface area contributed by atoms with Gasteiger partial charge in [-0.1, -0.05) is 0 Å². The maximum absolute atomic E-state index is 12.7. The van der Waals surface area contributed by atoms with Gasteiger partial charge in [0.15, 0.2) is 0 Å². The van der Waals surface area contributed by atoms with E-state index in [0.717, 1.165) is 18.9 Å². The molecule has 6 heteroatoms. The Hall–Kier alpha value is -1.30. The number of hydrogen-bond donors (Lipinski definition) is 0. The predicted octanol–water partition coefficient (Wildman–Crippen LogP) is 2.91. The summed E-state index contributed by atoms with van der Waals surface area (Å²) in [7, 11) is 0. The molecule has 0 saturated carbocycles. The first kappa shape index (κ1) is 13.1. The molecule has 1 aromatic heterocycles. The standard InChI is InChI=1S/C12H14F3NO2/c13-12(14,15)10-2-1-5-16-11(10)18-8-9-3-6-17-7-4-9/h1-2,5,9H,3-4,6-8H2. The van der Waals surface area contributed by atoms with Crippen LogP contribution in [0.25, 0.3) is 0 Å². The van der Waals surface area contributed by atoms with Crippen molar-refractivity contribution < 1.29 is 22.6 Å². The molecule has 100 valence electrons. The van der Waals surface area contributed by atoms with Gasteiger partial charge in [-0.25, -0.2) is 4.98 Å². The van der Waals surface area contributed by atoms with E-state index >= 15 is 0 Å². The molecule has 3 nitrogen and oxygen atoms in total. The first-order valence-electron chi connectivity index (χ1n) is 5.80. The molecule has 0 spiro atoms. The molecule has 0 N–H and O–H groups in total. The van der Waals surface area contributed by atoms with Crippen LogP contribution in [0.2, 0.25) is 0 Å². The van der Waals surface area contributed by atoms with Crippen LogP contribution < -0.4 is 4.74 Å². The zero-order valence-corrected chi connectivity index (χ0v) is 9.74. The van der Waals surface area contributed by atoms with Crippen molar-refractivity contribution in [2.75, 3.05) is 19.8 Å². The lowest BCUT2D eigenvalue weighted by atomic mass is 10.0. The summed E-state index contributed by atoms with van der Waals surface area (Å²) in [4.78, 5) is 3.66. The molecule has 2 rings (SSSR count). The largest absolute Gasteiger partial charge is 0.477 e. The lowest BCUT2D eigenvalue weighted by Gasteiger charge is -2.22. The lowest BCUT2D eigenvalue weighted by molar-refractivity contribution is -0.139.